The summed E-state index contributed by atoms with van der Waals surface area (Å²) in [7, 11) is -3.75. The van der Waals surface area contributed by atoms with E-state index in [1.54, 1.807) is 12.1 Å². The number of sulfonamides is 1. The standard InChI is InChI=1S/C22H22F2N4O3S2/c1-13(2)14-5-8-16(9-6-14)33(30,31)28-11-3-4-19(28)21-26-27-22(32-21)20(29)25-15-7-10-17(23)18(24)12-15/h5-10,12-13,19H,3-4,11H2,1-2H3,(H,25,29). The molecule has 1 saturated heterocycles. The highest BCUT2D eigenvalue weighted by molar-refractivity contribution is 7.89. The number of nitrogens with one attached hydrogen (secondary N) is 1. The first-order valence-corrected chi connectivity index (χ1v) is 12.6. The largest absolute Gasteiger partial charge is 0.320 e. The van der Waals surface area contributed by atoms with Crippen molar-refractivity contribution in [1.29, 1.82) is 0 Å². The Labute approximate surface area is 194 Å². The fourth-order valence-electron chi connectivity index (χ4n) is 3.65. The quantitative estimate of drug-likeness (QED) is 0.538. The van der Waals surface area contributed by atoms with E-state index < -0.39 is 33.6 Å². The highest BCUT2D eigenvalue weighted by Crippen LogP contribution is 2.38. The smallest absolute Gasteiger partial charge is 0.286 e. The number of carbonyl (C=O) groups excluding carboxylic acids is 1. The maximum atomic E-state index is 13.4. The first-order chi connectivity index (χ1) is 15.7. The topological polar surface area (TPSA) is 92.3 Å². The molecule has 1 aromatic heterocycles. The Morgan fingerprint density at radius 2 is 1.85 bits per heavy atom. The predicted molar refractivity (Wildman–Crippen MR) is 121 cm³/mol. The second-order valence-corrected chi connectivity index (χ2v) is 10.9. The van der Waals surface area contributed by atoms with Crippen molar-refractivity contribution in [2.45, 2.75) is 43.5 Å². The van der Waals surface area contributed by atoms with Gasteiger partial charge in [-0.05, 0) is 48.6 Å². The molecule has 1 fully saturated rings. The average molecular weight is 493 g/mol. The van der Waals surface area contributed by atoms with E-state index in [0.29, 0.717) is 30.3 Å². The molecule has 0 radical (unpaired) electrons. The molecule has 0 aliphatic carbocycles. The highest BCUT2D eigenvalue weighted by atomic mass is 32.2. The molecule has 1 amide bonds. The molecule has 1 N–H and O–H groups in total. The van der Waals surface area contributed by atoms with Gasteiger partial charge in [0.25, 0.3) is 5.91 Å². The van der Waals surface area contributed by atoms with Crippen LogP contribution in [0.3, 0.4) is 0 Å². The third-order valence-corrected chi connectivity index (χ3v) is 8.40. The fourth-order valence-corrected chi connectivity index (χ4v) is 6.27. The Hall–Kier alpha value is -2.76. The highest BCUT2D eigenvalue weighted by Gasteiger charge is 2.38. The van der Waals surface area contributed by atoms with Crippen molar-refractivity contribution in [3.63, 3.8) is 0 Å². The monoisotopic (exact) mass is 492 g/mol. The van der Waals surface area contributed by atoms with E-state index in [9.17, 15) is 22.0 Å². The van der Waals surface area contributed by atoms with Gasteiger partial charge in [0.1, 0.15) is 5.01 Å². The van der Waals surface area contributed by atoms with E-state index >= 15 is 0 Å². The van der Waals surface area contributed by atoms with Crippen molar-refractivity contribution < 1.29 is 22.0 Å². The zero-order valence-corrected chi connectivity index (χ0v) is 19.6. The van der Waals surface area contributed by atoms with E-state index in [0.717, 1.165) is 29.0 Å². The van der Waals surface area contributed by atoms with Crippen molar-refractivity contribution in [3.8, 4) is 0 Å². The van der Waals surface area contributed by atoms with E-state index in [1.807, 2.05) is 26.0 Å². The molecule has 33 heavy (non-hydrogen) atoms. The molecule has 0 bridgehead atoms. The lowest BCUT2D eigenvalue weighted by molar-refractivity contribution is 0.102. The van der Waals surface area contributed by atoms with Gasteiger partial charge >= 0.3 is 0 Å². The van der Waals surface area contributed by atoms with Gasteiger partial charge in [-0.2, -0.15) is 4.31 Å². The first kappa shape index (κ1) is 23.4. The zero-order valence-electron chi connectivity index (χ0n) is 18.0. The SMILES string of the molecule is CC(C)c1ccc(S(=O)(=O)N2CCCC2c2nnc(C(=O)Nc3ccc(F)c(F)c3)s2)cc1. The minimum Gasteiger partial charge on any atom is -0.320 e. The number of rotatable bonds is 6. The van der Waals surface area contributed by atoms with Gasteiger partial charge in [0.15, 0.2) is 11.6 Å². The van der Waals surface area contributed by atoms with Crippen LogP contribution in [0.4, 0.5) is 14.5 Å². The van der Waals surface area contributed by atoms with E-state index in [4.69, 9.17) is 0 Å². The summed E-state index contributed by atoms with van der Waals surface area (Å²) in [5, 5.41) is 10.8. The van der Waals surface area contributed by atoms with Crippen LogP contribution < -0.4 is 5.32 Å². The van der Waals surface area contributed by atoms with Crippen LogP contribution in [0.15, 0.2) is 47.4 Å². The molecule has 1 unspecified atom stereocenters. The Morgan fingerprint density at radius 1 is 1.12 bits per heavy atom. The number of hydrogen-bond acceptors (Lipinski definition) is 6. The lowest BCUT2D eigenvalue weighted by Gasteiger charge is -2.22. The molecule has 1 aliphatic heterocycles. The van der Waals surface area contributed by atoms with Crippen LogP contribution in [-0.2, 0) is 10.0 Å². The molecule has 0 saturated carbocycles. The zero-order chi connectivity index (χ0) is 23.8. The first-order valence-electron chi connectivity index (χ1n) is 10.4. The second-order valence-electron chi connectivity index (χ2n) is 8.03. The van der Waals surface area contributed by atoms with Gasteiger partial charge in [-0.15, -0.1) is 10.2 Å². The van der Waals surface area contributed by atoms with Crippen molar-refractivity contribution in [3.05, 3.63) is 69.7 Å². The van der Waals surface area contributed by atoms with E-state index in [1.165, 1.54) is 10.4 Å². The van der Waals surface area contributed by atoms with Gasteiger partial charge in [0.2, 0.25) is 15.0 Å². The maximum absolute atomic E-state index is 13.4. The predicted octanol–water partition coefficient (Wildman–Crippen LogP) is 4.72. The number of hydrogen-bond donors (Lipinski definition) is 1. The fraction of sp³-hybridized carbons (Fsp3) is 0.318. The molecular formula is C22H22F2N4O3S2. The lowest BCUT2D eigenvalue weighted by atomic mass is 10.0. The van der Waals surface area contributed by atoms with Crippen LogP contribution in [0.2, 0.25) is 0 Å². The molecule has 7 nitrogen and oxygen atoms in total. The van der Waals surface area contributed by atoms with Gasteiger partial charge in [-0.25, -0.2) is 17.2 Å². The minimum atomic E-state index is -3.75. The number of aromatic nitrogens is 2. The number of nitrogens with zero attached hydrogens (tertiary/aromatic N) is 3. The Morgan fingerprint density at radius 3 is 2.52 bits per heavy atom. The molecule has 4 rings (SSSR count). The molecule has 2 heterocycles. The summed E-state index contributed by atoms with van der Waals surface area (Å²) < 4.78 is 54.4. The van der Waals surface area contributed by atoms with Gasteiger partial charge in [0, 0.05) is 18.3 Å². The number of halogens is 2. The summed E-state index contributed by atoms with van der Waals surface area (Å²) in [6.07, 6.45) is 1.21. The van der Waals surface area contributed by atoms with Crippen LogP contribution in [-0.4, -0.2) is 35.4 Å². The summed E-state index contributed by atoms with van der Waals surface area (Å²) in [6.45, 7) is 4.42. The molecule has 2 aromatic carbocycles. The Bertz CT molecular complexity index is 1280. The van der Waals surface area contributed by atoms with Crippen molar-refractivity contribution in [1.82, 2.24) is 14.5 Å². The van der Waals surface area contributed by atoms with Gasteiger partial charge in [-0.3, -0.25) is 4.79 Å². The number of anilines is 1. The Balaban J connectivity index is 1.53. The normalized spacial score (nSPS) is 16.9. The van der Waals surface area contributed by atoms with E-state index in [-0.39, 0.29) is 15.6 Å². The van der Waals surface area contributed by atoms with Gasteiger partial charge < -0.3 is 5.32 Å². The summed E-state index contributed by atoms with van der Waals surface area (Å²) >= 11 is 0.978. The summed E-state index contributed by atoms with van der Waals surface area (Å²) in [5.41, 5.74) is 1.12. The summed E-state index contributed by atoms with van der Waals surface area (Å²) in [4.78, 5) is 12.7. The van der Waals surface area contributed by atoms with Gasteiger partial charge in [0.05, 0.1) is 10.9 Å². The van der Waals surface area contributed by atoms with Crippen LogP contribution in [0, 0.1) is 11.6 Å². The molecule has 0 spiro atoms. The Kier molecular flexibility index (Phi) is 6.55. The molecule has 3 aromatic rings. The van der Waals surface area contributed by atoms with Gasteiger partial charge in [-0.1, -0.05) is 37.3 Å². The van der Waals surface area contributed by atoms with Crippen LogP contribution >= 0.6 is 11.3 Å². The molecular weight excluding hydrogens is 470 g/mol. The second kappa shape index (κ2) is 9.24. The van der Waals surface area contributed by atoms with Crippen molar-refractivity contribution in [2.75, 3.05) is 11.9 Å². The van der Waals surface area contributed by atoms with E-state index in [2.05, 4.69) is 15.5 Å². The number of carbonyl (C=O) groups is 1. The minimum absolute atomic E-state index is 0.000248. The van der Waals surface area contributed by atoms with Crippen LogP contribution in [0.5, 0.6) is 0 Å². The van der Waals surface area contributed by atoms with Crippen molar-refractivity contribution in [2.24, 2.45) is 0 Å². The molecule has 11 heteroatoms. The number of amides is 1. The number of benzene rings is 2. The van der Waals surface area contributed by atoms with Crippen molar-refractivity contribution >= 4 is 33.0 Å². The lowest BCUT2D eigenvalue weighted by Crippen LogP contribution is -2.30. The van der Waals surface area contributed by atoms with Crippen LogP contribution in [0.25, 0.3) is 0 Å². The molecule has 1 aliphatic rings. The summed E-state index contributed by atoms with van der Waals surface area (Å²) in [5.74, 6) is -2.45. The third-order valence-electron chi connectivity index (χ3n) is 5.45. The maximum Gasteiger partial charge on any atom is 0.286 e. The van der Waals surface area contributed by atoms with Crippen LogP contribution in [0.1, 0.15) is 59.0 Å². The molecule has 1 atom stereocenters. The summed E-state index contributed by atoms with van der Waals surface area (Å²) in [6, 6.07) is 9.33. The molecule has 174 valence electrons. The average Bonchev–Trinajstić information content (AvgIpc) is 3.46. The third kappa shape index (κ3) is 4.80.